The zero-order valence-corrected chi connectivity index (χ0v) is 11.8. The molecule has 0 spiro atoms. The van der Waals surface area contributed by atoms with E-state index in [1.807, 2.05) is 13.8 Å². The van der Waals surface area contributed by atoms with Gasteiger partial charge in [0.2, 0.25) is 5.91 Å². The van der Waals surface area contributed by atoms with Crippen LogP contribution in [0.5, 0.6) is 0 Å². The van der Waals surface area contributed by atoms with Gasteiger partial charge in [-0.25, -0.2) is 0 Å². The molecule has 1 rings (SSSR count). The van der Waals surface area contributed by atoms with Gasteiger partial charge in [0.05, 0.1) is 0 Å². The van der Waals surface area contributed by atoms with Crippen molar-refractivity contribution in [3.8, 4) is 0 Å². The molecular formula is C12H22BrNO. The highest BCUT2D eigenvalue weighted by molar-refractivity contribution is 9.09. The van der Waals surface area contributed by atoms with E-state index in [9.17, 15) is 4.79 Å². The second-order valence-electron chi connectivity index (χ2n) is 5.94. The molecular weight excluding hydrogens is 254 g/mol. The summed E-state index contributed by atoms with van der Waals surface area (Å²) in [6, 6.07) is 0. The fraction of sp³-hybridized carbons (Fsp3) is 0.917. The van der Waals surface area contributed by atoms with Gasteiger partial charge in [0.25, 0.3) is 0 Å². The molecule has 0 aromatic rings. The van der Waals surface area contributed by atoms with Crippen molar-refractivity contribution < 1.29 is 4.79 Å². The van der Waals surface area contributed by atoms with Crippen LogP contribution in [0, 0.1) is 11.3 Å². The number of halogens is 1. The van der Waals surface area contributed by atoms with Gasteiger partial charge in [-0.3, -0.25) is 4.79 Å². The quantitative estimate of drug-likeness (QED) is 0.788. The highest BCUT2D eigenvalue weighted by Gasteiger charge is 2.40. The monoisotopic (exact) mass is 275 g/mol. The van der Waals surface area contributed by atoms with Gasteiger partial charge in [0.1, 0.15) is 0 Å². The Labute approximate surface area is 101 Å². The van der Waals surface area contributed by atoms with Crippen molar-refractivity contribution >= 4 is 21.8 Å². The molecule has 1 atom stereocenters. The summed E-state index contributed by atoms with van der Waals surface area (Å²) < 4.78 is 0. The van der Waals surface area contributed by atoms with Crippen LogP contribution in [0.2, 0.25) is 0 Å². The van der Waals surface area contributed by atoms with E-state index in [-0.39, 0.29) is 22.8 Å². The minimum atomic E-state index is -0.143. The zero-order chi connectivity index (χ0) is 11.7. The van der Waals surface area contributed by atoms with Crippen LogP contribution in [0.15, 0.2) is 0 Å². The summed E-state index contributed by atoms with van der Waals surface area (Å²) in [5.74, 6) is 0.415. The maximum atomic E-state index is 12.1. The molecule has 2 nitrogen and oxygen atoms in total. The van der Waals surface area contributed by atoms with Gasteiger partial charge in [-0.05, 0) is 32.1 Å². The molecule has 0 saturated heterocycles. The van der Waals surface area contributed by atoms with Crippen LogP contribution in [0.4, 0.5) is 0 Å². The van der Waals surface area contributed by atoms with Crippen molar-refractivity contribution in [3.63, 3.8) is 0 Å². The Hall–Kier alpha value is -0.0500. The summed E-state index contributed by atoms with van der Waals surface area (Å²) >= 11 is 3.42. The van der Waals surface area contributed by atoms with E-state index in [1.165, 1.54) is 12.8 Å². The molecule has 0 aromatic carbocycles. The maximum Gasteiger partial charge on any atom is 0.224 e. The van der Waals surface area contributed by atoms with Crippen molar-refractivity contribution in [2.75, 3.05) is 5.33 Å². The van der Waals surface area contributed by atoms with Gasteiger partial charge >= 0.3 is 0 Å². The molecule has 1 aliphatic rings. The average molecular weight is 276 g/mol. The van der Waals surface area contributed by atoms with E-state index < -0.39 is 0 Å². The highest BCUT2D eigenvalue weighted by Crippen LogP contribution is 2.42. The smallest absolute Gasteiger partial charge is 0.224 e. The van der Waals surface area contributed by atoms with E-state index in [0.717, 1.165) is 11.8 Å². The standard InChI is InChI=1S/C12H22BrNO/c1-11(2)7-5-6-9(11)10(15)14-12(3,4)8-13/h9H,5-8H2,1-4H3,(H,14,15). The molecule has 0 aromatic heterocycles. The van der Waals surface area contributed by atoms with Gasteiger partial charge in [0, 0.05) is 16.8 Å². The second kappa shape index (κ2) is 4.44. The Morgan fingerprint density at radius 1 is 1.53 bits per heavy atom. The largest absolute Gasteiger partial charge is 0.350 e. The molecule has 1 fully saturated rings. The number of hydrogen-bond donors (Lipinski definition) is 1. The van der Waals surface area contributed by atoms with Gasteiger partial charge in [-0.15, -0.1) is 0 Å². The van der Waals surface area contributed by atoms with Crippen LogP contribution in [-0.2, 0) is 4.79 Å². The van der Waals surface area contributed by atoms with Crippen molar-refractivity contribution in [2.24, 2.45) is 11.3 Å². The zero-order valence-electron chi connectivity index (χ0n) is 10.2. The van der Waals surface area contributed by atoms with Gasteiger partial charge in [-0.1, -0.05) is 36.2 Å². The molecule has 1 unspecified atom stereocenters. The van der Waals surface area contributed by atoms with Crippen LogP contribution >= 0.6 is 15.9 Å². The summed E-state index contributed by atoms with van der Waals surface area (Å²) in [6.45, 7) is 8.49. The third-order valence-corrected chi connectivity index (χ3v) is 4.77. The van der Waals surface area contributed by atoms with Gasteiger partial charge in [-0.2, -0.15) is 0 Å². The number of alkyl halides is 1. The fourth-order valence-corrected chi connectivity index (χ4v) is 2.41. The van der Waals surface area contributed by atoms with E-state index >= 15 is 0 Å². The molecule has 0 bridgehead atoms. The minimum absolute atomic E-state index is 0.143. The van der Waals surface area contributed by atoms with Gasteiger partial charge < -0.3 is 5.32 Å². The lowest BCUT2D eigenvalue weighted by molar-refractivity contribution is -0.129. The number of carbonyl (C=O) groups is 1. The number of nitrogens with one attached hydrogen (secondary N) is 1. The van der Waals surface area contributed by atoms with Gasteiger partial charge in [0.15, 0.2) is 0 Å². The van der Waals surface area contributed by atoms with E-state index in [2.05, 4.69) is 35.1 Å². The molecule has 1 amide bonds. The summed E-state index contributed by atoms with van der Waals surface area (Å²) in [4.78, 5) is 12.1. The average Bonchev–Trinajstić information content (AvgIpc) is 2.44. The fourth-order valence-electron chi connectivity index (χ4n) is 2.27. The Morgan fingerprint density at radius 3 is 2.53 bits per heavy atom. The molecule has 15 heavy (non-hydrogen) atoms. The molecule has 1 saturated carbocycles. The predicted molar refractivity (Wildman–Crippen MR) is 67.1 cm³/mol. The predicted octanol–water partition coefficient (Wildman–Crippen LogP) is 3.10. The topological polar surface area (TPSA) is 29.1 Å². The van der Waals surface area contributed by atoms with Crippen molar-refractivity contribution in [1.82, 2.24) is 5.32 Å². The first-order chi connectivity index (χ1) is 6.78. The third kappa shape index (κ3) is 3.20. The molecule has 0 aliphatic heterocycles. The van der Waals surface area contributed by atoms with Crippen molar-refractivity contribution in [1.29, 1.82) is 0 Å². The maximum absolute atomic E-state index is 12.1. The molecule has 0 heterocycles. The SMILES string of the molecule is CC(C)(CBr)NC(=O)C1CCCC1(C)C. The lowest BCUT2D eigenvalue weighted by Gasteiger charge is -2.31. The van der Waals surface area contributed by atoms with Crippen LogP contribution in [0.3, 0.4) is 0 Å². The lowest BCUT2D eigenvalue weighted by atomic mass is 9.81. The Kier molecular flexibility index (Phi) is 3.85. The van der Waals surface area contributed by atoms with Crippen molar-refractivity contribution in [3.05, 3.63) is 0 Å². The van der Waals surface area contributed by atoms with E-state index in [1.54, 1.807) is 0 Å². The molecule has 1 aliphatic carbocycles. The van der Waals surface area contributed by atoms with E-state index in [4.69, 9.17) is 0 Å². The third-order valence-electron chi connectivity index (χ3n) is 3.37. The summed E-state index contributed by atoms with van der Waals surface area (Å²) in [7, 11) is 0. The minimum Gasteiger partial charge on any atom is -0.350 e. The van der Waals surface area contributed by atoms with Crippen molar-refractivity contribution in [2.45, 2.75) is 52.5 Å². The van der Waals surface area contributed by atoms with Crippen LogP contribution in [-0.4, -0.2) is 16.8 Å². The number of hydrogen-bond acceptors (Lipinski definition) is 1. The number of amides is 1. The van der Waals surface area contributed by atoms with E-state index in [0.29, 0.717) is 0 Å². The van der Waals surface area contributed by atoms with Crippen LogP contribution in [0.1, 0.15) is 47.0 Å². The Morgan fingerprint density at radius 2 is 2.13 bits per heavy atom. The second-order valence-corrected chi connectivity index (χ2v) is 6.50. The molecule has 88 valence electrons. The lowest BCUT2D eigenvalue weighted by Crippen LogP contribution is -2.49. The highest BCUT2D eigenvalue weighted by atomic mass is 79.9. The molecule has 0 radical (unpaired) electrons. The first-order valence-electron chi connectivity index (χ1n) is 5.66. The Balaban J connectivity index is 2.62. The molecule has 1 N–H and O–H groups in total. The first-order valence-corrected chi connectivity index (χ1v) is 6.79. The summed E-state index contributed by atoms with van der Waals surface area (Å²) in [6.07, 6.45) is 3.39. The summed E-state index contributed by atoms with van der Waals surface area (Å²) in [5, 5.41) is 3.91. The normalized spacial score (nSPS) is 25.3. The Bertz CT molecular complexity index is 248. The first kappa shape index (κ1) is 13.0. The number of carbonyl (C=O) groups excluding carboxylic acids is 1. The summed E-state index contributed by atoms with van der Waals surface area (Å²) in [5.41, 5.74) is 0.0300. The van der Waals surface area contributed by atoms with Crippen LogP contribution in [0.25, 0.3) is 0 Å². The molecule has 3 heteroatoms. The number of rotatable bonds is 3. The van der Waals surface area contributed by atoms with Crippen LogP contribution < -0.4 is 5.32 Å².